The molecule has 0 aliphatic carbocycles. The molecule has 2 rings (SSSR count). The minimum atomic E-state index is -0.449. The first kappa shape index (κ1) is 12.9. The number of rotatable bonds is 2. The van der Waals surface area contributed by atoms with Crippen molar-refractivity contribution < 1.29 is 4.79 Å². The molecule has 0 fully saturated rings. The van der Waals surface area contributed by atoms with Gasteiger partial charge in [-0.25, -0.2) is 0 Å². The molecular formula is C14H15N3O2. The van der Waals surface area contributed by atoms with E-state index >= 15 is 0 Å². The Morgan fingerprint density at radius 3 is 2.68 bits per heavy atom. The molecule has 0 aliphatic rings. The number of carbonyl (C=O) groups is 1. The molecule has 0 saturated carbocycles. The fourth-order valence-electron chi connectivity index (χ4n) is 1.71. The molecule has 98 valence electrons. The van der Waals surface area contributed by atoms with E-state index in [0.29, 0.717) is 17.1 Å². The number of H-pyrrole nitrogens is 1. The van der Waals surface area contributed by atoms with Crippen LogP contribution in [0.4, 0.5) is 11.4 Å². The minimum Gasteiger partial charge on any atom is -0.399 e. The summed E-state index contributed by atoms with van der Waals surface area (Å²) in [6, 6.07) is 6.62. The predicted octanol–water partition coefficient (Wildman–Crippen LogP) is 1.83. The van der Waals surface area contributed by atoms with Crippen molar-refractivity contribution in [2.75, 3.05) is 11.1 Å². The average Bonchev–Trinajstić information content (AvgIpc) is 2.33. The Balaban J connectivity index is 2.31. The highest BCUT2D eigenvalue weighted by molar-refractivity contribution is 6.04. The smallest absolute Gasteiger partial charge is 0.261 e. The number of carbonyl (C=O) groups excluding carboxylic acids is 1. The second-order valence-electron chi connectivity index (χ2n) is 4.42. The first-order chi connectivity index (χ1) is 8.97. The van der Waals surface area contributed by atoms with E-state index in [0.717, 1.165) is 5.56 Å². The van der Waals surface area contributed by atoms with Gasteiger partial charge in [0.1, 0.15) is 5.56 Å². The lowest BCUT2D eigenvalue weighted by Crippen LogP contribution is -2.22. The van der Waals surface area contributed by atoms with Crippen molar-refractivity contribution in [3.63, 3.8) is 0 Å². The molecule has 4 N–H and O–H groups in total. The third-order valence-corrected chi connectivity index (χ3v) is 2.81. The molecule has 2 aromatic rings. The van der Waals surface area contributed by atoms with Crippen molar-refractivity contribution in [3.8, 4) is 0 Å². The van der Waals surface area contributed by atoms with E-state index in [2.05, 4.69) is 10.3 Å². The minimum absolute atomic E-state index is 0.0763. The van der Waals surface area contributed by atoms with Gasteiger partial charge in [0.2, 0.25) is 0 Å². The summed E-state index contributed by atoms with van der Waals surface area (Å²) < 4.78 is 0. The quantitative estimate of drug-likeness (QED) is 0.717. The Hall–Kier alpha value is -2.56. The number of aryl methyl sites for hydroxylation is 2. The number of aromatic nitrogens is 1. The van der Waals surface area contributed by atoms with Gasteiger partial charge in [-0.15, -0.1) is 0 Å². The fourth-order valence-corrected chi connectivity index (χ4v) is 1.71. The van der Waals surface area contributed by atoms with Gasteiger partial charge in [0.15, 0.2) is 5.43 Å². The highest BCUT2D eigenvalue weighted by atomic mass is 16.2. The molecule has 1 aromatic heterocycles. The van der Waals surface area contributed by atoms with E-state index in [1.165, 1.54) is 12.3 Å². The molecule has 1 heterocycles. The lowest BCUT2D eigenvalue weighted by molar-refractivity contribution is 0.102. The van der Waals surface area contributed by atoms with Crippen LogP contribution < -0.4 is 16.5 Å². The van der Waals surface area contributed by atoms with E-state index < -0.39 is 5.91 Å². The van der Waals surface area contributed by atoms with E-state index in [-0.39, 0.29) is 11.0 Å². The first-order valence-electron chi connectivity index (χ1n) is 5.84. The third-order valence-electron chi connectivity index (χ3n) is 2.81. The van der Waals surface area contributed by atoms with Gasteiger partial charge >= 0.3 is 0 Å². The maximum Gasteiger partial charge on any atom is 0.261 e. The third kappa shape index (κ3) is 2.82. The molecule has 1 amide bonds. The number of anilines is 2. The first-order valence-corrected chi connectivity index (χ1v) is 5.84. The summed E-state index contributed by atoms with van der Waals surface area (Å²) in [4.78, 5) is 26.6. The molecule has 0 atom stereocenters. The van der Waals surface area contributed by atoms with Crippen molar-refractivity contribution in [1.82, 2.24) is 4.98 Å². The molecule has 5 heteroatoms. The van der Waals surface area contributed by atoms with Crippen molar-refractivity contribution in [3.05, 3.63) is 57.5 Å². The fraction of sp³-hybridized carbons (Fsp3) is 0.143. The summed E-state index contributed by atoms with van der Waals surface area (Å²) in [5, 5.41) is 2.69. The van der Waals surface area contributed by atoms with Crippen LogP contribution >= 0.6 is 0 Å². The van der Waals surface area contributed by atoms with E-state index in [1.807, 2.05) is 13.0 Å². The summed E-state index contributed by atoms with van der Waals surface area (Å²) in [6.45, 7) is 3.61. The van der Waals surface area contributed by atoms with E-state index in [4.69, 9.17) is 5.73 Å². The van der Waals surface area contributed by atoms with Gasteiger partial charge in [0.05, 0.1) is 0 Å². The van der Waals surface area contributed by atoms with E-state index in [9.17, 15) is 9.59 Å². The van der Waals surface area contributed by atoms with Gasteiger partial charge in [0, 0.05) is 29.3 Å². The number of hydrogen-bond donors (Lipinski definition) is 3. The summed E-state index contributed by atoms with van der Waals surface area (Å²) in [7, 11) is 0. The Kier molecular flexibility index (Phi) is 3.37. The van der Waals surface area contributed by atoms with Gasteiger partial charge < -0.3 is 16.0 Å². The number of nitrogens with one attached hydrogen (secondary N) is 2. The second-order valence-corrected chi connectivity index (χ2v) is 4.42. The highest BCUT2D eigenvalue weighted by Crippen LogP contribution is 2.18. The molecule has 0 radical (unpaired) electrons. The lowest BCUT2D eigenvalue weighted by Gasteiger charge is -2.09. The Morgan fingerprint density at radius 1 is 1.26 bits per heavy atom. The summed E-state index contributed by atoms with van der Waals surface area (Å²) in [6.07, 6.45) is 1.41. The average molecular weight is 257 g/mol. The topological polar surface area (TPSA) is 88.0 Å². The Labute approximate surface area is 110 Å². The summed E-state index contributed by atoms with van der Waals surface area (Å²) in [5.41, 5.74) is 8.19. The predicted molar refractivity (Wildman–Crippen MR) is 75.3 cm³/mol. The number of nitrogen functional groups attached to an aromatic ring is 1. The van der Waals surface area contributed by atoms with E-state index in [1.54, 1.807) is 19.1 Å². The van der Waals surface area contributed by atoms with Crippen LogP contribution in [0.5, 0.6) is 0 Å². The zero-order chi connectivity index (χ0) is 14.0. The van der Waals surface area contributed by atoms with Gasteiger partial charge in [-0.05, 0) is 31.5 Å². The van der Waals surface area contributed by atoms with Crippen LogP contribution in [-0.4, -0.2) is 10.9 Å². The van der Waals surface area contributed by atoms with Crippen LogP contribution in [0.3, 0.4) is 0 Å². The second kappa shape index (κ2) is 4.97. The van der Waals surface area contributed by atoms with Crippen molar-refractivity contribution in [2.45, 2.75) is 13.8 Å². The van der Waals surface area contributed by atoms with Gasteiger partial charge in [-0.3, -0.25) is 9.59 Å². The van der Waals surface area contributed by atoms with Crippen LogP contribution in [0, 0.1) is 13.8 Å². The molecule has 0 saturated heterocycles. The van der Waals surface area contributed by atoms with Crippen LogP contribution in [0.25, 0.3) is 0 Å². The van der Waals surface area contributed by atoms with Crippen molar-refractivity contribution >= 4 is 17.3 Å². The van der Waals surface area contributed by atoms with Crippen LogP contribution in [-0.2, 0) is 0 Å². The summed E-state index contributed by atoms with van der Waals surface area (Å²) in [5.74, 6) is -0.449. The molecule has 0 aliphatic heterocycles. The Bertz CT molecular complexity index is 689. The zero-order valence-corrected chi connectivity index (χ0v) is 10.8. The number of hydrogen-bond acceptors (Lipinski definition) is 3. The number of nitrogens with two attached hydrogens (primary N) is 1. The molecule has 19 heavy (non-hydrogen) atoms. The maximum absolute atomic E-state index is 12.0. The van der Waals surface area contributed by atoms with Gasteiger partial charge in [-0.2, -0.15) is 0 Å². The van der Waals surface area contributed by atoms with Gasteiger partial charge in [0.25, 0.3) is 5.91 Å². The molecule has 5 nitrogen and oxygen atoms in total. The Morgan fingerprint density at radius 2 is 2.00 bits per heavy atom. The zero-order valence-electron chi connectivity index (χ0n) is 10.8. The van der Waals surface area contributed by atoms with Crippen LogP contribution in [0.1, 0.15) is 21.6 Å². The normalized spacial score (nSPS) is 10.2. The molecule has 1 aromatic carbocycles. The molecule has 0 unspecified atom stereocenters. The molecular weight excluding hydrogens is 242 g/mol. The number of amides is 1. The highest BCUT2D eigenvalue weighted by Gasteiger charge is 2.11. The molecule has 0 spiro atoms. The number of aromatic amines is 1. The number of pyridine rings is 1. The van der Waals surface area contributed by atoms with Crippen molar-refractivity contribution in [1.29, 1.82) is 0 Å². The van der Waals surface area contributed by atoms with Crippen LogP contribution in [0.2, 0.25) is 0 Å². The van der Waals surface area contributed by atoms with Crippen LogP contribution in [0.15, 0.2) is 35.3 Å². The molecule has 0 bridgehead atoms. The largest absolute Gasteiger partial charge is 0.399 e. The monoisotopic (exact) mass is 257 g/mol. The summed E-state index contributed by atoms with van der Waals surface area (Å²) >= 11 is 0. The maximum atomic E-state index is 12.0. The standard InChI is InChI=1S/C14H15N3O2/c1-8-3-4-10(15)6-12(8)17-14(19)11-7-16-9(2)5-13(11)18/h3-7H,15H2,1-2H3,(H,16,18)(H,17,19). The SMILES string of the molecule is Cc1cc(=O)c(C(=O)Nc2cc(N)ccc2C)c[nH]1. The van der Waals surface area contributed by atoms with Gasteiger partial charge in [-0.1, -0.05) is 6.07 Å². The number of benzene rings is 1. The van der Waals surface area contributed by atoms with Crippen molar-refractivity contribution in [2.24, 2.45) is 0 Å². The lowest BCUT2D eigenvalue weighted by atomic mass is 10.1.